The van der Waals surface area contributed by atoms with Crippen LogP contribution in [0.25, 0.3) is 11.3 Å². The molecule has 1 aromatic heterocycles. The number of methoxy groups -OCH3 is 1. The fourth-order valence-corrected chi connectivity index (χ4v) is 2.95. The van der Waals surface area contributed by atoms with Gasteiger partial charge < -0.3 is 4.74 Å². The van der Waals surface area contributed by atoms with Crippen molar-refractivity contribution in [3.63, 3.8) is 0 Å². The van der Waals surface area contributed by atoms with E-state index in [9.17, 15) is 9.59 Å². The van der Waals surface area contributed by atoms with Gasteiger partial charge in [-0.2, -0.15) is 5.10 Å². The molecule has 0 atom stereocenters. The molecule has 3 rings (SSSR count). The number of benzene rings is 2. The van der Waals surface area contributed by atoms with Crippen molar-refractivity contribution in [1.29, 1.82) is 0 Å². The maximum absolute atomic E-state index is 12.5. The van der Waals surface area contributed by atoms with Gasteiger partial charge in [-0.15, -0.1) is 0 Å². The van der Waals surface area contributed by atoms with Gasteiger partial charge in [0.05, 0.1) is 17.8 Å². The van der Waals surface area contributed by atoms with E-state index in [1.165, 1.54) is 18.2 Å². The van der Waals surface area contributed by atoms with Crippen molar-refractivity contribution in [2.45, 2.75) is 6.54 Å². The first kappa shape index (κ1) is 18.2. The summed E-state index contributed by atoms with van der Waals surface area (Å²) in [5.41, 5.74) is 1.24. The molecule has 5 nitrogen and oxygen atoms in total. The zero-order valence-corrected chi connectivity index (χ0v) is 15.3. The Morgan fingerprint density at radius 2 is 1.92 bits per heavy atom. The highest BCUT2D eigenvalue weighted by Gasteiger charge is 2.14. The molecule has 0 amide bonds. The highest BCUT2D eigenvalue weighted by Crippen LogP contribution is 2.23. The fourth-order valence-electron chi connectivity index (χ4n) is 2.44. The molecule has 0 saturated carbocycles. The van der Waals surface area contributed by atoms with Gasteiger partial charge in [0.1, 0.15) is 12.3 Å². The average Bonchev–Trinajstić information content (AvgIpc) is 2.63. The molecule has 0 spiro atoms. The molecule has 0 saturated heterocycles. The monoisotopic (exact) mass is 388 g/mol. The van der Waals surface area contributed by atoms with Crippen LogP contribution in [0.4, 0.5) is 0 Å². The Balaban J connectivity index is 1.93. The van der Waals surface area contributed by atoms with E-state index in [2.05, 4.69) is 5.10 Å². The number of Topliss-reactive ketones (excluding diaryl/α,β-unsaturated/α-hetero) is 1. The molecule has 26 heavy (non-hydrogen) atoms. The lowest BCUT2D eigenvalue weighted by Gasteiger charge is -2.09. The highest BCUT2D eigenvalue weighted by molar-refractivity contribution is 6.36. The number of rotatable bonds is 5. The maximum Gasteiger partial charge on any atom is 0.267 e. The summed E-state index contributed by atoms with van der Waals surface area (Å²) in [5.74, 6) is 0.343. The van der Waals surface area contributed by atoms with Gasteiger partial charge in [-0.25, -0.2) is 4.68 Å². The molecule has 1 heterocycles. The van der Waals surface area contributed by atoms with E-state index in [1.807, 2.05) is 18.2 Å². The molecule has 0 aliphatic heterocycles. The predicted molar refractivity (Wildman–Crippen MR) is 101 cm³/mol. The summed E-state index contributed by atoms with van der Waals surface area (Å²) < 4.78 is 6.31. The number of ketones is 1. The summed E-state index contributed by atoms with van der Waals surface area (Å²) in [6.07, 6.45) is 0. The molecule has 7 heteroatoms. The number of hydrogen-bond donors (Lipinski definition) is 0. The van der Waals surface area contributed by atoms with Crippen LogP contribution in [0.2, 0.25) is 10.0 Å². The minimum atomic E-state index is -0.380. The van der Waals surface area contributed by atoms with Crippen LogP contribution in [0.3, 0.4) is 0 Å². The second-order valence-electron chi connectivity index (χ2n) is 5.49. The van der Waals surface area contributed by atoms with Gasteiger partial charge in [0.2, 0.25) is 0 Å². The van der Waals surface area contributed by atoms with E-state index in [-0.39, 0.29) is 28.5 Å². The molecule has 0 unspecified atom stereocenters. The Bertz CT molecular complexity index is 1030. The van der Waals surface area contributed by atoms with Crippen LogP contribution in [0, 0.1) is 0 Å². The van der Waals surface area contributed by atoms with Crippen LogP contribution in [0.15, 0.2) is 59.4 Å². The highest BCUT2D eigenvalue weighted by atomic mass is 35.5. The minimum absolute atomic E-state index is 0.224. The van der Waals surface area contributed by atoms with Crippen LogP contribution in [-0.4, -0.2) is 22.7 Å². The third-order valence-corrected chi connectivity index (χ3v) is 4.30. The summed E-state index contributed by atoms with van der Waals surface area (Å²) in [4.78, 5) is 24.6. The zero-order valence-electron chi connectivity index (χ0n) is 13.8. The van der Waals surface area contributed by atoms with E-state index >= 15 is 0 Å². The van der Waals surface area contributed by atoms with Gasteiger partial charge in [-0.1, -0.05) is 35.3 Å². The van der Waals surface area contributed by atoms with Crippen LogP contribution in [0.1, 0.15) is 10.4 Å². The molecule has 0 aliphatic rings. The molecule has 0 fully saturated rings. The molecule has 0 bridgehead atoms. The number of nitrogens with zero attached hydrogens (tertiary/aromatic N) is 2. The van der Waals surface area contributed by atoms with Crippen molar-refractivity contribution in [2.24, 2.45) is 0 Å². The Labute approximate surface area is 159 Å². The second-order valence-corrected chi connectivity index (χ2v) is 6.34. The van der Waals surface area contributed by atoms with Crippen molar-refractivity contribution < 1.29 is 9.53 Å². The van der Waals surface area contributed by atoms with Gasteiger partial charge in [0.25, 0.3) is 5.56 Å². The van der Waals surface area contributed by atoms with Gasteiger partial charge in [0, 0.05) is 22.2 Å². The third-order valence-electron chi connectivity index (χ3n) is 3.76. The van der Waals surface area contributed by atoms with Crippen LogP contribution in [0.5, 0.6) is 5.75 Å². The Kier molecular flexibility index (Phi) is 5.40. The molecule has 0 radical (unpaired) electrons. The summed E-state index contributed by atoms with van der Waals surface area (Å²) in [5, 5.41) is 4.96. The number of halogens is 2. The normalized spacial score (nSPS) is 10.6. The zero-order chi connectivity index (χ0) is 18.7. The van der Waals surface area contributed by atoms with Gasteiger partial charge >= 0.3 is 0 Å². The van der Waals surface area contributed by atoms with E-state index in [4.69, 9.17) is 27.9 Å². The lowest BCUT2D eigenvalue weighted by atomic mass is 10.1. The maximum atomic E-state index is 12.5. The third kappa shape index (κ3) is 3.95. The van der Waals surface area contributed by atoms with Crippen molar-refractivity contribution in [2.75, 3.05) is 7.11 Å². The first-order valence-electron chi connectivity index (χ1n) is 7.69. The Morgan fingerprint density at radius 1 is 1.12 bits per heavy atom. The minimum Gasteiger partial charge on any atom is -0.497 e. The largest absolute Gasteiger partial charge is 0.497 e. The predicted octanol–water partition coefficient (Wildman–Crippen LogP) is 4.11. The molecule has 0 N–H and O–H groups in total. The van der Waals surface area contributed by atoms with E-state index in [0.717, 1.165) is 10.2 Å². The number of carbonyl (C=O) groups is 1. The number of hydrogen-bond acceptors (Lipinski definition) is 4. The van der Waals surface area contributed by atoms with Crippen LogP contribution < -0.4 is 10.3 Å². The topological polar surface area (TPSA) is 61.2 Å². The summed E-state index contributed by atoms with van der Waals surface area (Å²) in [6, 6.07) is 14.8. The van der Waals surface area contributed by atoms with E-state index < -0.39 is 0 Å². The van der Waals surface area contributed by atoms with Crippen molar-refractivity contribution >= 4 is 29.0 Å². The number of aromatic nitrogens is 2. The SMILES string of the molecule is COc1cccc(-c2ccc(=O)n(CC(=O)c3ccc(Cl)cc3Cl)n2)c1. The number of carbonyl (C=O) groups excluding carboxylic acids is 1. The molecule has 132 valence electrons. The second kappa shape index (κ2) is 7.72. The fraction of sp³-hybridized carbons (Fsp3) is 0.105. The van der Waals surface area contributed by atoms with Gasteiger partial charge in [0.15, 0.2) is 5.78 Å². The van der Waals surface area contributed by atoms with Gasteiger partial charge in [-0.05, 0) is 36.4 Å². The molecule has 3 aromatic rings. The first-order chi connectivity index (χ1) is 12.5. The van der Waals surface area contributed by atoms with Crippen LogP contribution in [-0.2, 0) is 6.54 Å². The summed E-state index contributed by atoms with van der Waals surface area (Å²) >= 11 is 11.9. The van der Waals surface area contributed by atoms with Gasteiger partial charge in [-0.3, -0.25) is 9.59 Å². The Morgan fingerprint density at radius 3 is 2.65 bits per heavy atom. The number of ether oxygens (including phenoxy) is 1. The van der Waals surface area contributed by atoms with Crippen molar-refractivity contribution in [1.82, 2.24) is 9.78 Å². The molecular weight excluding hydrogens is 375 g/mol. The molecule has 2 aromatic carbocycles. The Hall–Kier alpha value is -2.63. The smallest absolute Gasteiger partial charge is 0.267 e. The lowest BCUT2D eigenvalue weighted by Crippen LogP contribution is -2.26. The van der Waals surface area contributed by atoms with Crippen molar-refractivity contribution in [3.8, 4) is 17.0 Å². The summed E-state index contributed by atoms with van der Waals surface area (Å²) in [7, 11) is 1.57. The standard InChI is InChI=1S/C19H14Cl2N2O3/c1-26-14-4-2-3-12(9-14)17-7-8-19(25)23(22-17)11-18(24)15-6-5-13(20)10-16(15)21/h2-10H,11H2,1H3. The van der Waals surface area contributed by atoms with Crippen LogP contribution >= 0.6 is 23.2 Å². The first-order valence-corrected chi connectivity index (χ1v) is 8.44. The van der Waals surface area contributed by atoms with E-state index in [0.29, 0.717) is 16.5 Å². The quantitative estimate of drug-likeness (QED) is 0.617. The average molecular weight is 389 g/mol. The lowest BCUT2D eigenvalue weighted by molar-refractivity contribution is 0.0966. The molecular formula is C19H14Cl2N2O3. The molecule has 0 aliphatic carbocycles. The van der Waals surface area contributed by atoms with E-state index in [1.54, 1.807) is 25.3 Å². The van der Waals surface area contributed by atoms with Crippen molar-refractivity contribution in [3.05, 3.63) is 80.6 Å². The summed E-state index contributed by atoms with van der Waals surface area (Å²) in [6.45, 7) is -0.224.